The molecule has 19 heavy (non-hydrogen) atoms. The molecule has 0 fully saturated rings. The molecule has 0 radical (unpaired) electrons. The van der Waals surface area contributed by atoms with Gasteiger partial charge in [0.05, 0.1) is 11.6 Å². The summed E-state index contributed by atoms with van der Waals surface area (Å²) in [5, 5.41) is 3.53. The van der Waals surface area contributed by atoms with Crippen LogP contribution in [-0.4, -0.2) is 13.7 Å². The van der Waals surface area contributed by atoms with Crippen molar-refractivity contribution in [2.75, 3.05) is 19.0 Å². The minimum atomic E-state index is 0.708. The highest BCUT2D eigenvalue weighted by Crippen LogP contribution is 2.30. The molecule has 0 saturated carbocycles. The first kappa shape index (κ1) is 14.4. The third kappa shape index (κ3) is 4.00. The second-order valence-corrected chi connectivity index (χ2v) is 6.38. The van der Waals surface area contributed by atoms with E-state index in [-0.39, 0.29) is 0 Å². The van der Waals surface area contributed by atoms with Crippen LogP contribution in [0.15, 0.2) is 34.3 Å². The Hall–Kier alpha value is -0.960. The highest BCUT2D eigenvalue weighted by Gasteiger charge is 2.17. The van der Waals surface area contributed by atoms with Gasteiger partial charge in [0.1, 0.15) is 5.75 Å². The number of halogens is 1. The summed E-state index contributed by atoms with van der Waals surface area (Å²) in [4.78, 5) is 0. The van der Waals surface area contributed by atoms with Gasteiger partial charge in [0.15, 0.2) is 0 Å². The average molecular weight is 324 g/mol. The summed E-state index contributed by atoms with van der Waals surface area (Å²) in [6.07, 6.45) is 4.89. The van der Waals surface area contributed by atoms with E-state index in [0.717, 1.165) is 28.4 Å². The van der Waals surface area contributed by atoms with Crippen molar-refractivity contribution in [2.24, 2.45) is 11.8 Å². The molecule has 2 rings (SSSR count). The van der Waals surface area contributed by atoms with Crippen molar-refractivity contribution >= 4 is 21.6 Å². The second kappa shape index (κ2) is 6.47. The minimum absolute atomic E-state index is 0.708. The second-order valence-electron chi connectivity index (χ2n) is 5.53. The zero-order valence-corrected chi connectivity index (χ0v) is 13.5. The van der Waals surface area contributed by atoms with Crippen LogP contribution < -0.4 is 10.1 Å². The van der Waals surface area contributed by atoms with Crippen molar-refractivity contribution < 1.29 is 4.74 Å². The van der Waals surface area contributed by atoms with Crippen LogP contribution in [0.2, 0.25) is 0 Å². The SMILES string of the molecule is COc1cc(NCC2CC(C)=CC(C)C2)ccc1Br. The van der Waals surface area contributed by atoms with Crippen LogP contribution in [0, 0.1) is 11.8 Å². The van der Waals surface area contributed by atoms with Gasteiger partial charge in [-0.1, -0.05) is 18.6 Å². The van der Waals surface area contributed by atoms with E-state index in [0.29, 0.717) is 5.92 Å². The third-order valence-electron chi connectivity index (χ3n) is 3.63. The van der Waals surface area contributed by atoms with Gasteiger partial charge in [-0.2, -0.15) is 0 Å². The van der Waals surface area contributed by atoms with Crippen molar-refractivity contribution in [1.82, 2.24) is 0 Å². The van der Waals surface area contributed by atoms with Gasteiger partial charge in [0.2, 0.25) is 0 Å². The Labute approximate surface area is 124 Å². The van der Waals surface area contributed by atoms with E-state index in [9.17, 15) is 0 Å². The van der Waals surface area contributed by atoms with E-state index in [1.807, 2.05) is 12.1 Å². The van der Waals surface area contributed by atoms with E-state index < -0.39 is 0 Å². The highest BCUT2D eigenvalue weighted by molar-refractivity contribution is 9.10. The van der Waals surface area contributed by atoms with E-state index in [1.165, 1.54) is 18.4 Å². The number of nitrogens with one attached hydrogen (secondary N) is 1. The van der Waals surface area contributed by atoms with Gasteiger partial charge in [-0.15, -0.1) is 0 Å². The van der Waals surface area contributed by atoms with Crippen LogP contribution in [-0.2, 0) is 0 Å². The average Bonchev–Trinajstić information content (AvgIpc) is 2.36. The molecular formula is C16H22BrNO. The Morgan fingerprint density at radius 3 is 2.89 bits per heavy atom. The normalized spacial score (nSPS) is 22.8. The van der Waals surface area contributed by atoms with Crippen molar-refractivity contribution in [3.63, 3.8) is 0 Å². The molecule has 1 aromatic carbocycles. The van der Waals surface area contributed by atoms with E-state index in [2.05, 4.69) is 47.2 Å². The van der Waals surface area contributed by atoms with Gasteiger partial charge >= 0.3 is 0 Å². The predicted octanol–water partition coefficient (Wildman–Crippen LogP) is 4.86. The van der Waals surface area contributed by atoms with Gasteiger partial charge in [0.25, 0.3) is 0 Å². The minimum Gasteiger partial charge on any atom is -0.495 e. The molecule has 0 bridgehead atoms. The summed E-state index contributed by atoms with van der Waals surface area (Å²) in [6, 6.07) is 6.15. The number of anilines is 1. The monoisotopic (exact) mass is 323 g/mol. The predicted molar refractivity (Wildman–Crippen MR) is 84.8 cm³/mol. The molecule has 3 heteroatoms. The molecule has 104 valence electrons. The summed E-state index contributed by atoms with van der Waals surface area (Å²) in [6.45, 7) is 5.57. The molecule has 0 aliphatic heterocycles. The van der Waals surface area contributed by atoms with Crippen LogP contribution in [0.5, 0.6) is 5.75 Å². The molecular weight excluding hydrogens is 302 g/mol. The van der Waals surface area contributed by atoms with Crippen molar-refractivity contribution in [3.05, 3.63) is 34.3 Å². The fraction of sp³-hybridized carbons (Fsp3) is 0.500. The Balaban J connectivity index is 1.94. The summed E-state index contributed by atoms with van der Waals surface area (Å²) in [7, 11) is 1.70. The first-order valence-electron chi connectivity index (χ1n) is 6.83. The molecule has 1 aromatic rings. The largest absolute Gasteiger partial charge is 0.495 e. The Kier molecular flexibility index (Phi) is 4.92. The van der Waals surface area contributed by atoms with Crippen LogP contribution in [0.4, 0.5) is 5.69 Å². The summed E-state index contributed by atoms with van der Waals surface area (Å²) in [5.41, 5.74) is 2.65. The number of ether oxygens (including phenoxy) is 1. The smallest absolute Gasteiger partial charge is 0.135 e. The van der Waals surface area contributed by atoms with Gasteiger partial charge in [-0.05, 0) is 59.7 Å². The van der Waals surface area contributed by atoms with E-state index in [1.54, 1.807) is 7.11 Å². The first-order valence-corrected chi connectivity index (χ1v) is 7.62. The lowest BCUT2D eigenvalue weighted by Gasteiger charge is -2.26. The number of benzene rings is 1. The maximum atomic E-state index is 5.32. The summed E-state index contributed by atoms with van der Waals surface area (Å²) >= 11 is 3.47. The van der Waals surface area contributed by atoms with E-state index >= 15 is 0 Å². The molecule has 0 aromatic heterocycles. The van der Waals surface area contributed by atoms with Gasteiger partial charge in [0, 0.05) is 18.3 Å². The Morgan fingerprint density at radius 1 is 1.42 bits per heavy atom. The van der Waals surface area contributed by atoms with Crippen LogP contribution >= 0.6 is 15.9 Å². The lowest BCUT2D eigenvalue weighted by Crippen LogP contribution is -2.20. The highest BCUT2D eigenvalue weighted by atomic mass is 79.9. The number of methoxy groups -OCH3 is 1. The molecule has 2 nitrogen and oxygen atoms in total. The maximum absolute atomic E-state index is 5.32. The fourth-order valence-electron chi connectivity index (χ4n) is 2.87. The zero-order valence-electron chi connectivity index (χ0n) is 11.9. The van der Waals surface area contributed by atoms with Crippen molar-refractivity contribution in [3.8, 4) is 5.75 Å². The molecule has 0 amide bonds. The molecule has 1 aliphatic rings. The molecule has 0 saturated heterocycles. The quantitative estimate of drug-likeness (QED) is 0.799. The lowest BCUT2D eigenvalue weighted by atomic mass is 9.84. The third-order valence-corrected chi connectivity index (χ3v) is 4.29. The number of hydrogen-bond donors (Lipinski definition) is 1. The molecule has 0 heterocycles. The molecule has 1 N–H and O–H groups in total. The Morgan fingerprint density at radius 2 is 2.21 bits per heavy atom. The number of hydrogen-bond acceptors (Lipinski definition) is 2. The van der Waals surface area contributed by atoms with Crippen molar-refractivity contribution in [2.45, 2.75) is 26.7 Å². The number of rotatable bonds is 4. The van der Waals surface area contributed by atoms with Gasteiger partial charge in [-0.3, -0.25) is 0 Å². The molecule has 2 unspecified atom stereocenters. The molecule has 0 spiro atoms. The van der Waals surface area contributed by atoms with Crippen LogP contribution in [0.1, 0.15) is 26.7 Å². The number of allylic oxidation sites excluding steroid dienone is 2. The summed E-state index contributed by atoms with van der Waals surface area (Å²) < 4.78 is 6.31. The van der Waals surface area contributed by atoms with Crippen molar-refractivity contribution in [1.29, 1.82) is 0 Å². The molecule has 2 atom stereocenters. The Bertz CT molecular complexity index is 470. The topological polar surface area (TPSA) is 21.3 Å². The first-order chi connectivity index (χ1) is 9.08. The maximum Gasteiger partial charge on any atom is 0.135 e. The standard InChI is InChI=1S/C16H22BrNO/c1-11-6-12(2)8-13(7-11)10-18-14-4-5-15(17)16(9-14)19-3/h4-6,9,11,13,18H,7-8,10H2,1-3H3. The van der Waals surface area contributed by atoms with Crippen LogP contribution in [0.3, 0.4) is 0 Å². The summed E-state index contributed by atoms with van der Waals surface area (Å²) in [5.74, 6) is 2.31. The fourth-order valence-corrected chi connectivity index (χ4v) is 3.28. The van der Waals surface area contributed by atoms with E-state index in [4.69, 9.17) is 4.74 Å². The zero-order chi connectivity index (χ0) is 13.8. The van der Waals surface area contributed by atoms with Gasteiger partial charge in [-0.25, -0.2) is 0 Å². The lowest BCUT2D eigenvalue weighted by molar-refractivity contribution is 0.411. The van der Waals surface area contributed by atoms with Gasteiger partial charge < -0.3 is 10.1 Å². The van der Waals surface area contributed by atoms with Crippen LogP contribution in [0.25, 0.3) is 0 Å². The molecule has 1 aliphatic carbocycles.